The molecule has 6 heteroatoms. The van der Waals surface area contributed by atoms with Gasteiger partial charge in [0.05, 0.1) is 19.0 Å². The molecule has 0 atom stereocenters. The van der Waals surface area contributed by atoms with Gasteiger partial charge in [-0.3, -0.25) is 10.00 Å². The zero-order valence-corrected chi connectivity index (χ0v) is 15.5. The van der Waals surface area contributed by atoms with Gasteiger partial charge in [0, 0.05) is 16.8 Å². The Bertz CT molecular complexity index is 734. The van der Waals surface area contributed by atoms with E-state index in [2.05, 4.69) is 22.5 Å². The first-order valence-corrected chi connectivity index (χ1v) is 9.14. The summed E-state index contributed by atoms with van der Waals surface area (Å²) in [5.41, 5.74) is 2.40. The number of carbonyl (C=O) groups is 1. The van der Waals surface area contributed by atoms with Gasteiger partial charge in [-0.2, -0.15) is 5.10 Å². The van der Waals surface area contributed by atoms with Crippen LogP contribution in [0.2, 0.25) is 5.02 Å². The summed E-state index contributed by atoms with van der Waals surface area (Å²) >= 11 is 6.03. The van der Waals surface area contributed by atoms with E-state index in [0.717, 1.165) is 17.9 Å². The van der Waals surface area contributed by atoms with Gasteiger partial charge in [0.1, 0.15) is 5.56 Å². The zero-order valence-electron chi connectivity index (χ0n) is 14.7. The van der Waals surface area contributed by atoms with Crippen LogP contribution < -0.4 is 5.32 Å². The maximum atomic E-state index is 11.9. The van der Waals surface area contributed by atoms with Crippen LogP contribution in [0.4, 0.5) is 0 Å². The predicted octanol–water partition coefficient (Wildman–Crippen LogP) is 4.04. The summed E-state index contributed by atoms with van der Waals surface area (Å²) in [6.07, 6.45) is 6.31. The highest BCUT2D eigenvalue weighted by Crippen LogP contribution is 2.39. The summed E-state index contributed by atoms with van der Waals surface area (Å²) in [5.74, 6) is -0.320. The van der Waals surface area contributed by atoms with E-state index < -0.39 is 0 Å². The first-order chi connectivity index (χ1) is 12.0. The Morgan fingerprint density at radius 3 is 2.64 bits per heavy atom. The molecule has 134 valence electrons. The van der Waals surface area contributed by atoms with Gasteiger partial charge < -0.3 is 4.74 Å². The third kappa shape index (κ3) is 3.88. The number of nitrogens with one attached hydrogen (secondary N) is 1. The third-order valence-electron chi connectivity index (χ3n) is 4.88. The molecule has 3 rings (SSSR count). The second-order valence-electron chi connectivity index (χ2n) is 6.52. The summed E-state index contributed by atoms with van der Waals surface area (Å²) in [5, 5.41) is 8.86. The quantitative estimate of drug-likeness (QED) is 0.789. The number of aromatic nitrogens is 2. The maximum absolute atomic E-state index is 11.9. The molecule has 1 heterocycles. The van der Waals surface area contributed by atoms with Crippen LogP contribution in [0.15, 0.2) is 30.5 Å². The van der Waals surface area contributed by atoms with Crippen LogP contribution in [-0.2, 0) is 16.9 Å². The van der Waals surface area contributed by atoms with Crippen LogP contribution >= 0.6 is 11.6 Å². The van der Waals surface area contributed by atoms with E-state index in [0.29, 0.717) is 24.5 Å². The number of esters is 1. The molecule has 25 heavy (non-hydrogen) atoms. The summed E-state index contributed by atoms with van der Waals surface area (Å²) in [7, 11) is 0. The number of benzene rings is 1. The fraction of sp³-hybridized carbons (Fsp3) is 0.474. The van der Waals surface area contributed by atoms with E-state index in [1.807, 2.05) is 19.1 Å². The Balaban J connectivity index is 1.75. The van der Waals surface area contributed by atoms with E-state index in [1.54, 1.807) is 17.8 Å². The summed E-state index contributed by atoms with van der Waals surface area (Å²) in [4.78, 5) is 11.9. The molecule has 0 saturated heterocycles. The van der Waals surface area contributed by atoms with E-state index in [9.17, 15) is 4.79 Å². The molecule has 0 radical (unpaired) electrons. The van der Waals surface area contributed by atoms with Crippen molar-refractivity contribution in [3.63, 3.8) is 0 Å². The molecule has 0 unspecified atom stereocenters. The molecule has 0 spiro atoms. The average molecular weight is 362 g/mol. The highest BCUT2D eigenvalue weighted by molar-refractivity contribution is 6.30. The van der Waals surface area contributed by atoms with E-state index >= 15 is 0 Å². The van der Waals surface area contributed by atoms with Gasteiger partial charge >= 0.3 is 5.97 Å². The van der Waals surface area contributed by atoms with E-state index in [-0.39, 0.29) is 11.5 Å². The molecular formula is C19H24ClN3O2. The molecule has 0 aliphatic heterocycles. The number of aryl methyl sites for hydroxylation is 1. The monoisotopic (exact) mass is 361 g/mol. The molecule has 1 aliphatic rings. The molecule has 1 aromatic carbocycles. The molecule has 5 nitrogen and oxygen atoms in total. The van der Waals surface area contributed by atoms with Gasteiger partial charge in [-0.25, -0.2) is 4.79 Å². The molecule has 1 saturated carbocycles. The average Bonchev–Trinajstić information content (AvgIpc) is 3.21. The Morgan fingerprint density at radius 1 is 1.32 bits per heavy atom. The van der Waals surface area contributed by atoms with Crippen LogP contribution in [0.1, 0.15) is 54.2 Å². The molecule has 0 amide bonds. The van der Waals surface area contributed by atoms with Gasteiger partial charge in [-0.1, -0.05) is 36.6 Å². The lowest BCUT2D eigenvalue weighted by molar-refractivity contribution is 0.0525. The fourth-order valence-corrected chi connectivity index (χ4v) is 3.68. The summed E-state index contributed by atoms with van der Waals surface area (Å²) in [6, 6.07) is 8.07. The van der Waals surface area contributed by atoms with Crippen molar-refractivity contribution in [1.29, 1.82) is 0 Å². The lowest BCUT2D eigenvalue weighted by atomic mass is 9.88. The van der Waals surface area contributed by atoms with Crippen molar-refractivity contribution in [3.05, 3.63) is 52.3 Å². The second kappa shape index (κ2) is 7.58. The number of carbonyl (C=O) groups excluding carboxylic acids is 1. The van der Waals surface area contributed by atoms with Crippen LogP contribution in [0.3, 0.4) is 0 Å². The fourth-order valence-electron chi connectivity index (χ4n) is 3.56. The van der Waals surface area contributed by atoms with Crippen molar-refractivity contribution < 1.29 is 9.53 Å². The lowest BCUT2D eigenvalue weighted by Crippen LogP contribution is -2.41. The minimum atomic E-state index is -0.320. The Morgan fingerprint density at radius 2 is 2.00 bits per heavy atom. The Hall–Kier alpha value is -1.85. The molecule has 1 fully saturated rings. The van der Waals surface area contributed by atoms with Gasteiger partial charge in [0.15, 0.2) is 0 Å². The number of halogens is 1. The minimum Gasteiger partial charge on any atom is -0.462 e. The topological polar surface area (TPSA) is 56.1 Å². The van der Waals surface area contributed by atoms with E-state index in [4.69, 9.17) is 16.3 Å². The zero-order chi connectivity index (χ0) is 17.9. The van der Waals surface area contributed by atoms with Crippen molar-refractivity contribution in [2.75, 3.05) is 6.61 Å². The Labute approximate surface area is 153 Å². The number of hydrogen-bond donors (Lipinski definition) is 1. The summed E-state index contributed by atoms with van der Waals surface area (Å²) in [6.45, 7) is 4.53. The van der Waals surface area contributed by atoms with Crippen molar-refractivity contribution in [1.82, 2.24) is 15.1 Å². The minimum absolute atomic E-state index is 0.0610. The predicted molar refractivity (Wildman–Crippen MR) is 97.7 cm³/mol. The largest absolute Gasteiger partial charge is 0.462 e. The molecule has 2 aromatic rings. The first kappa shape index (κ1) is 18.0. The van der Waals surface area contributed by atoms with Crippen LogP contribution in [0, 0.1) is 6.92 Å². The van der Waals surface area contributed by atoms with Crippen molar-refractivity contribution in [2.45, 2.75) is 51.7 Å². The number of rotatable bonds is 6. The van der Waals surface area contributed by atoms with Crippen molar-refractivity contribution in [2.24, 2.45) is 0 Å². The van der Waals surface area contributed by atoms with Gasteiger partial charge in [0.2, 0.25) is 0 Å². The van der Waals surface area contributed by atoms with Gasteiger partial charge in [0.25, 0.3) is 0 Å². The SMILES string of the molecule is CCOC(=O)c1cn(CNC2(c3ccc(Cl)cc3)CCCC2)nc1C. The molecule has 1 aromatic heterocycles. The molecule has 0 bridgehead atoms. The van der Waals surface area contributed by atoms with Crippen LogP contribution in [0.25, 0.3) is 0 Å². The van der Waals surface area contributed by atoms with Crippen LogP contribution in [-0.4, -0.2) is 22.4 Å². The van der Waals surface area contributed by atoms with Crippen LogP contribution in [0.5, 0.6) is 0 Å². The van der Waals surface area contributed by atoms with Crippen molar-refractivity contribution in [3.8, 4) is 0 Å². The standard InChI is InChI=1S/C19H24ClN3O2/c1-3-25-18(24)17-12-23(22-14(17)2)13-21-19(10-4-5-11-19)15-6-8-16(20)9-7-15/h6-9,12,21H,3-5,10-11,13H2,1-2H3. The normalized spacial score (nSPS) is 16.1. The molecule has 1 N–H and O–H groups in total. The van der Waals surface area contributed by atoms with Crippen molar-refractivity contribution >= 4 is 17.6 Å². The first-order valence-electron chi connectivity index (χ1n) is 8.76. The Kier molecular flexibility index (Phi) is 5.45. The highest BCUT2D eigenvalue weighted by Gasteiger charge is 2.35. The lowest BCUT2D eigenvalue weighted by Gasteiger charge is -2.31. The molecular weight excluding hydrogens is 338 g/mol. The second-order valence-corrected chi connectivity index (χ2v) is 6.96. The smallest absolute Gasteiger partial charge is 0.341 e. The maximum Gasteiger partial charge on any atom is 0.341 e. The third-order valence-corrected chi connectivity index (χ3v) is 5.13. The molecule has 1 aliphatic carbocycles. The number of ether oxygens (including phenoxy) is 1. The van der Waals surface area contributed by atoms with E-state index in [1.165, 1.54) is 18.4 Å². The number of nitrogens with zero attached hydrogens (tertiary/aromatic N) is 2. The van der Waals surface area contributed by atoms with Gasteiger partial charge in [-0.15, -0.1) is 0 Å². The van der Waals surface area contributed by atoms with Gasteiger partial charge in [-0.05, 0) is 44.4 Å². The number of hydrogen-bond acceptors (Lipinski definition) is 4. The summed E-state index contributed by atoms with van der Waals surface area (Å²) < 4.78 is 6.85. The highest BCUT2D eigenvalue weighted by atomic mass is 35.5.